The number of hydrogen-bond acceptors (Lipinski definition) is 4. The molecule has 0 aromatic rings. The molecule has 0 radical (unpaired) electrons. The van der Waals surface area contributed by atoms with Crippen LogP contribution in [-0.2, 0) is 9.53 Å². The highest BCUT2D eigenvalue weighted by atomic mass is 16.5. The predicted octanol–water partition coefficient (Wildman–Crippen LogP) is 1.74. The maximum absolute atomic E-state index is 12.7. The topological polar surface area (TPSA) is 32.8 Å². The largest absolute Gasteiger partial charge is 0.376 e. The fraction of sp³-hybridized carbons (Fsp3) is 0.941. The van der Waals surface area contributed by atoms with Crippen molar-refractivity contribution in [3.05, 3.63) is 0 Å². The van der Waals surface area contributed by atoms with Gasteiger partial charge in [0.1, 0.15) is 5.78 Å². The van der Waals surface area contributed by atoms with Gasteiger partial charge < -0.3 is 4.74 Å². The maximum Gasteiger partial charge on any atom is 0.149 e. The smallest absolute Gasteiger partial charge is 0.149 e. The van der Waals surface area contributed by atoms with Crippen molar-refractivity contribution in [3.8, 4) is 0 Å². The van der Waals surface area contributed by atoms with E-state index in [1.165, 1.54) is 0 Å². The minimum absolute atomic E-state index is 0.00342. The lowest BCUT2D eigenvalue weighted by molar-refractivity contribution is -0.214. The van der Waals surface area contributed by atoms with Crippen LogP contribution in [0.4, 0.5) is 0 Å². The first-order chi connectivity index (χ1) is 9.73. The SMILES string of the molecule is CC1(C)C[C@H](C2N3CC4(C)CN2CC(C)(C3)C4=O)CCO1. The van der Waals surface area contributed by atoms with Gasteiger partial charge in [-0.3, -0.25) is 14.6 Å². The molecule has 4 bridgehead atoms. The van der Waals surface area contributed by atoms with Gasteiger partial charge in [-0.2, -0.15) is 0 Å². The summed E-state index contributed by atoms with van der Waals surface area (Å²) in [7, 11) is 0. The highest BCUT2D eigenvalue weighted by Crippen LogP contribution is 2.50. The van der Waals surface area contributed by atoms with E-state index in [1.807, 2.05) is 0 Å². The third-order valence-electron chi connectivity index (χ3n) is 6.21. The number of ketones is 1. The van der Waals surface area contributed by atoms with Gasteiger partial charge in [0.25, 0.3) is 0 Å². The van der Waals surface area contributed by atoms with Crippen LogP contribution in [0.5, 0.6) is 0 Å². The van der Waals surface area contributed by atoms with Crippen LogP contribution in [0.3, 0.4) is 0 Å². The van der Waals surface area contributed by atoms with E-state index >= 15 is 0 Å². The number of rotatable bonds is 1. The predicted molar refractivity (Wildman–Crippen MR) is 80.9 cm³/mol. The van der Waals surface area contributed by atoms with E-state index in [-0.39, 0.29) is 16.4 Å². The Balaban J connectivity index is 1.62. The lowest BCUT2D eigenvalue weighted by Gasteiger charge is -2.66. The summed E-state index contributed by atoms with van der Waals surface area (Å²) in [4.78, 5) is 18.0. The lowest BCUT2D eigenvalue weighted by atomic mass is 9.61. The minimum Gasteiger partial charge on any atom is -0.376 e. The fourth-order valence-corrected chi connectivity index (χ4v) is 5.76. The summed E-state index contributed by atoms with van der Waals surface area (Å²) < 4.78 is 5.90. The number of carbonyl (C=O) groups excluding carboxylic acids is 1. The molecule has 21 heavy (non-hydrogen) atoms. The summed E-state index contributed by atoms with van der Waals surface area (Å²) >= 11 is 0. The molecule has 0 saturated carbocycles. The van der Waals surface area contributed by atoms with Crippen LogP contribution < -0.4 is 0 Å². The van der Waals surface area contributed by atoms with Crippen molar-refractivity contribution in [3.63, 3.8) is 0 Å². The van der Waals surface area contributed by atoms with E-state index in [1.54, 1.807) is 0 Å². The molecule has 0 aromatic heterocycles. The molecule has 0 unspecified atom stereocenters. The molecule has 0 N–H and O–H groups in total. The lowest BCUT2D eigenvalue weighted by Crippen LogP contribution is -2.79. The van der Waals surface area contributed by atoms with E-state index in [0.29, 0.717) is 17.9 Å². The van der Waals surface area contributed by atoms with E-state index in [0.717, 1.165) is 45.6 Å². The molecule has 118 valence electrons. The minimum atomic E-state index is -0.136. The molecular formula is C17H28N2O2. The van der Waals surface area contributed by atoms with Gasteiger partial charge in [0.05, 0.1) is 22.6 Å². The average Bonchev–Trinajstić information content (AvgIpc) is 2.33. The summed E-state index contributed by atoms with van der Waals surface area (Å²) in [6.45, 7) is 13.5. The first-order valence-electron chi connectivity index (χ1n) is 8.40. The van der Waals surface area contributed by atoms with Crippen LogP contribution in [-0.4, -0.2) is 60.1 Å². The Hall–Kier alpha value is -0.450. The van der Waals surface area contributed by atoms with Gasteiger partial charge >= 0.3 is 0 Å². The Morgan fingerprint density at radius 2 is 1.52 bits per heavy atom. The van der Waals surface area contributed by atoms with Crippen LogP contribution in [0.25, 0.3) is 0 Å². The van der Waals surface area contributed by atoms with Crippen LogP contribution in [0.2, 0.25) is 0 Å². The maximum atomic E-state index is 12.7. The van der Waals surface area contributed by atoms with E-state index < -0.39 is 0 Å². The number of carbonyl (C=O) groups is 1. The van der Waals surface area contributed by atoms with E-state index in [4.69, 9.17) is 4.74 Å². The molecule has 5 fully saturated rings. The Labute approximate surface area is 127 Å². The third kappa shape index (κ3) is 1.95. The van der Waals surface area contributed by atoms with Gasteiger partial charge in [0.15, 0.2) is 0 Å². The molecule has 0 aliphatic carbocycles. The van der Waals surface area contributed by atoms with Gasteiger partial charge in [-0.25, -0.2) is 0 Å². The number of piperidine rings is 2. The summed E-state index contributed by atoms with van der Waals surface area (Å²) in [5, 5.41) is 0. The second kappa shape index (κ2) is 4.09. The normalized spacial score (nSPS) is 55.0. The molecule has 4 nitrogen and oxygen atoms in total. The number of hydrogen-bond donors (Lipinski definition) is 0. The standard InChI is InChI=1S/C17H28N2O2/c1-15(2)7-12(5-6-21-15)13-18-8-16(3)9-19(13)11-17(4,10-18)14(16)20/h12-13H,5-11H2,1-4H3/t12-,13?,16?,17?/m1/s1. The van der Waals surface area contributed by atoms with Gasteiger partial charge in [-0.15, -0.1) is 0 Å². The Bertz CT molecular complexity index is 447. The molecule has 5 heterocycles. The zero-order chi connectivity index (χ0) is 15.0. The van der Waals surface area contributed by atoms with Crippen LogP contribution in [0.1, 0.15) is 40.5 Å². The van der Waals surface area contributed by atoms with Gasteiger partial charge in [0, 0.05) is 32.8 Å². The third-order valence-corrected chi connectivity index (χ3v) is 6.21. The first-order valence-corrected chi connectivity index (χ1v) is 8.40. The monoisotopic (exact) mass is 292 g/mol. The Morgan fingerprint density at radius 3 is 2.00 bits per heavy atom. The number of nitrogens with zero attached hydrogens (tertiary/aromatic N) is 2. The number of ether oxygens (including phenoxy) is 1. The van der Waals surface area contributed by atoms with Gasteiger partial charge in [0.2, 0.25) is 0 Å². The molecule has 0 aromatic carbocycles. The van der Waals surface area contributed by atoms with Crippen LogP contribution in [0.15, 0.2) is 0 Å². The van der Waals surface area contributed by atoms with Crippen molar-refractivity contribution >= 4 is 5.78 Å². The molecule has 5 aliphatic rings. The van der Waals surface area contributed by atoms with E-state index in [2.05, 4.69) is 37.5 Å². The van der Waals surface area contributed by atoms with E-state index in [9.17, 15) is 4.79 Å². The Morgan fingerprint density at radius 1 is 1.00 bits per heavy atom. The second-order valence-electron chi connectivity index (χ2n) is 9.04. The Kier molecular flexibility index (Phi) is 2.76. The molecular weight excluding hydrogens is 264 g/mol. The molecule has 1 atom stereocenters. The van der Waals surface area contributed by atoms with Crippen molar-refractivity contribution in [2.75, 3.05) is 32.8 Å². The highest BCUT2D eigenvalue weighted by molar-refractivity contribution is 5.92. The van der Waals surface area contributed by atoms with Crippen molar-refractivity contribution in [1.29, 1.82) is 0 Å². The number of Topliss-reactive ketones (excluding diaryl/α,β-unsaturated/α-hetero) is 1. The first kappa shape index (κ1) is 14.2. The van der Waals surface area contributed by atoms with Crippen molar-refractivity contribution in [2.45, 2.75) is 52.3 Å². The molecule has 0 amide bonds. The highest BCUT2D eigenvalue weighted by Gasteiger charge is 2.63. The van der Waals surface area contributed by atoms with Gasteiger partial charge in [-0.1, -0.05) is 13.8 Å². The van der Waals surface area contributed by atoms with Crippen LogP contribution >= 0.6 is 0 Å². The summed E-state index contributed by atoms with van der Waals surface area (Å²) in [5.74, 6) is 1.18. The summed E-state index contributed by atoms with van der Waals surface area (Å²) in [6.07, 6.45) is 2.82. The zero-order valence-electron chi connectivity index (χ0n) is 13.8. The second-order valence-corrected chi connectivity index (χ2v) is 9.04. The quantitative estimate of drug-likeness (QED) is 0.737. The molecule has 5 rings (SSSR count). The van der Waals surface area contributed by atoms with Gasteiger partial charge in [-0.05, 0) is 32.6 Å². The van der Waals surface area contributed by atoms with Crippen molar-refractivity contribution in [1.82, 2.24) is 9.80 Å². The molecule has 4 heteroatoms. The molecule has 5 aliphatic heterocycles. The molecule has 0 spiro atoms. The summed E-state index contributed by atoms with van der Waals surface area (Å²) in [5.41, 5.74) is -0.270. The molecule has 5 saturated heterocycles. The van der Waals surface area contributed by atoms with Crippen molar-refractivity contribution in [2.24, 2.45) is 16.7 Å². The zero-order valence-corrected chi connectivity index (χ0v) is 13.8. The van der Waals surface area contributed by atoms with Crippen LogP contribution in [0, 0.1) is 16.7 Å². The fourth-order valence-electron chi connectivity index (χ4n) is 5.76. The average molecular weight is 292 g/mol. The summed E-state index contributed by atoms with van der Waals surface area (Å²) in [6, 6.07) is 0. The van der Waals surface area contributed by atoms with Crippen molar-refractivity contribution < 1.29 is 9.53 Å².